The molecule has 0 aliphatic heterocycles. The molecule has 0 saturated heterocycles. The van der Waals surface area contributed by atoms with Crippen LogP contribution in [0.5, 0.6) is 0 Å². The minimum atomic E-state index is 0.623. The van der Waals surface area contributed by atoms with E-state index in [0.717, 1.165) is 32.4 Å². The number of ether oxygens (including phenoxy) is 1. The van der Waals surface area contributed by atoms with Crippen molar-refractivity contribution in [2.24, 2.45) is 0 Å². The van der Waals surface area contributed by atoms with Gasteiger partial charge in [0.15, 0.2) is 0 Å². The van der Waals surface area contributed by atoms with Crippen LogP contribution in [0.2, 0.25) is 0 Å². The lowest BCUT2D eigenvalue weighted by Gasteiger charge is -2.28. The van der Waals surface area contributed by atoms with Crippen molar-refractivity contribution in [1.82, 2.24) is 0 Å². The van der Waals surface area contributed by atoms with Crippen molar-refractivity contribution in [3.63, 3.8) is 0 Å². The van der Waals surface area contributed by atoms with Gasteiger partial charge in [-0.1, -0.05) is 45.4 Å². The predicted octanol–water partition coefficient (Wildman–Crippen LogP) is 4.63. The second kappa shape index (κ2) is 10.1. The van der Waals surface area contributed by atoms with E-state index in [2.05, 4.69) is 43.9 Å². The molecule has 1 aromatic rings. The van der Waals surface area contributed by atoms with Crippen LogP contribution < -0.4 is 4.90 Å². The first kappa shape index (κ1) is 17.3. The summed E-state index contributed by atoms with van der Waals surface area (Å²) in [6.07, 6.45) is 4.36. The summed E-state index contributed by atoms with van der Waals surface area (Å²) in [5.41, 5.74) is 4.09. The molecule has 0 bridgehead atoms. The number of hydrogen-bond donors (Lipinski definition) is 0. The average Bonchev–Trinajstić information content (AvgIpc) is 2.49. The average molecular weight is 298 g/mol. The molecule has 0 amide bonds. The predicted molar refractivity (Wildman–Crippen MR) is 89.0 cm³/mol. The van der Waals surface area contributed by atoms with Crippen LogP contribution in [0.1, 0.15) is 44.7 Å². The van der Waals surface area contributed by atoms with E-state index >= 15 is 0 Å². The molecule has 0 N–H and O–H groups in total. The molecule has 20 heavy (non-hydrogen) atoms. The number of nitrogens with zero attached hydrogens (tertiary/aromatic N) is 1. The zero-order valence-corrected chi connectivity index (χ0v) is 13.9. The molecular formula is C17H28ClNO. The summed E-state index contributed by atoms with van der Waals surface area (Å²) in [5.74, 6) is 0.623. The van der Waals surface area contributed by atoms with E-state index in [-0.39, 0.29) is 0 Å². The van der Waals surface area contributed by atoms with Gasteiger partial charge in [-0.2, -0.15) is 0 Å². The fourth-order valence-electron chi connectivity index (χ4n) is 2.39. The van der Waals surface area contributed by atoms with Crippen molar-refractivity contribution in [1.29, 1.82) is 0 Å². The summed E-state index contributed by atoms with van der Waals surface area (Å²) in [6.45, 7) is 8.88. The van der Waals surface area contributed by atoms with Crippen molar-refractivity contribution >= 4 is 17.3 Å². The Labute approximate surface area is 129 Å². The SMILES string of the molecule is CCCCOCN(CCCl)c1c(CC)cccc1CC. The molecule has 0 spiro atoms. The Bertz CT molecular complexity index is 359. The number of para-hydroxylation sites is 1. The number of aryl methyl sites for hydroxylation is 2. The highest BCUT2D eigenvalue weighted by Crippen LogP contribution is 2.27. The second-order valence-electron chi connectivity index (χ2n) is 4.98. The summed E-state index contributed by atoms with van der Waals surface area (Å²) < 4.78 is 5.81. The number of alkyl halides is 1. The maximum Gasteiger partial charge on any atom is 0.118 e. The van der Waals surface area contributed by atoms with Crippen molar-refractivity contribution in [2.75, 3.05) is 30.7 Å². The minimum absolute atomic E-state index is 0.623. The maximum absolute atomic E-state index is 5.98. The second-order valence-corrected chi connectivity index (χ2v) is 5.35. The molecule has 1 rings (SSSR count). The monoisotopic (exact) mass is 297 g/mol. The van der Waals surface area contributed by atoms with E-state index in [1.165, 1.54) is 23.2 Å². The fraction of sp³-hybridized carbons (Fsp3) is 0.647. The van der Waals surface area contributed by atoms with Crippen LogP contribution in [0.3, 0.4) is 0 Å². The van der Waals surface area contributed by atoms with Crippen molar-refractivity contribution in [3.05, 3.63) is 29.3 Å². The number of unbranched alkanes of at least 4 members (excludes halogenated alkanes) is 1. The molecule has 0 heterocycles. The highest BCUT2D eigenvalue weighted by atomic mass is 35.5. The summed E-state index contributed by atoms with van der Waals surface area (Å²) in [4.78, 5) is 2.29. The van der Waals surface area contributed by atoms with Crippen molar-refractivity contribution < 1.29 is 4.74 Å². The van der Waals surface area contributed by atoms with E-state index in [0.29, 0.717) is 12.6 Å². The maximum atomic E-state index is 5.98. The number of anilines is 1. The molecule has 0 atom stereocenters. The lowest BCUT2D eigenvalue weighted by atomic mass is 10.0. The highest BCUT2D eigenvalue weighted by molar-refractivity contribution is 6.18. The fourth-order valence-corrected chi connectivity index (χ4v) is 2.59. The molecular weight excluding hydrogens is 270 g/mol. The van der Waals surface area contributed by atoms with Crippen LogP contribution in [0.25, 0.3) is 0 Å². The van der Waals surface area contributed by atoms with Gasteiger partial charge in [-0.15, -0.1) is 11.6 Å². The van der Waals surface area contributed by atoms with E-state index in [9.17, 15) is 0 Å². The molecule has 0 saturated carbocycles. The largest absolute Gasteiger partial charge is 0.361 e. The van der Waals surface area contributed by atoms with Gasteiger partial charge in [0.2, 0.25) is 0 Å². The molecule has 0 radical (unpaired) electrons. The molecule has 0 unspecified atom stereocenters. The Balaban J connectivity index is 2.88. The summed E-state index contributed by atoms with van der Waals surface area (Å²) in [7, 11) is 0. The van der Waals surface area contributed by atoms with Gasteiger partial charge in [-0.05, 0) is 30.4 Å². The molecule has 2 nitrogen and oxygen atoms in total. The Morgan fingerprint density at radius 2 is 1.75 bits per heavy atom. The van der Waals surface area contributed by atoms with E-state index < -0.39 is 0 Å². The van der Waals surface area contributed by atoms with Crippen LogP contribution in [0.4, 0.5) is 5.69 Å². The standard InChI is InChI=1S/C17H28ClNO/c1-4-7-13-20-14-19(12-11-18)17-15(5-2)9-8-10-16(17)6-3/h8-10H,4-7,11-14H2,1-3H3. The number of halogens is 1. The lowest BCUT2D eigenvalue weighted by Crippen LogP contribution is -2.30. The van der Waals surface area contributed by atoms with Crippen LogP contribution in [0, 0.1) is 0 Å². The highest BCUT2D eigenvalue weighted by Gasteiger charge is 2.14. The van der Waals surface area contributed by atoms with Gasteiger partial charge >= 0.3 is 0 Å². The van der Waals surface area contributed by atoms with Crippen LogP contribution >= 0.6 is 11.6 Å². The Morgan fingerprint density at radius 3 is 2.25 bits per heavy atom. The Morgan fingerprint density at radius 1 is 1.10 bits per heavy atom. The molecule has 114 valence electrons. The molecule has 0 aliphatic carbocycles. The number of hydrogen-bond acceptors (Lipinski definition) is 2. The third kappa shape index (κ3) is 4.99. The molecule has 0 aliphatic rings. The number of rotatable bonds is 10. The van der Waals surface area contributed by atoms with Crippen molar-refractivity contribution in [3.8, 4) is 0 Å². The zero-order chi connectivity index (χ0) is 14.8. The topological polar surface area (TPSA) is 12.5 Å². The summed E-state index contributed by atoms with van der Waals surface area (Å²) in [6, 6.07) is 6.57. The van der Waals surface area contributed by atoms with Crippen LogP contribution in [-0.2, 0) is 17.6 Å². The molecule has 3 heteroatoms. The first-order valence-electron chi connectivity index (χ1n) is 7.77. The Hall–Kier alpha value is -0.730. The zero-order valence-electron chi connectivity index (χ0n) is 13.1. The van der Waals surface area contributed by atoms with Gasteiger partial charge < -0.3 is 9.64 Å². The first-order chi connectivity index (χ1) is 9.78. The minimum Gasteiger partial charge on any atom is -0.361 e. The normalized spacial score (nSPS) is 10.8. The summed E-state index contributed by atoms with van der Waals surface area (Å²) >= 11 is 5.98. The van der Waals surface area contributed by atoms with Gasteiger partial charge in [0, 0.05) is 24.7 Å². The molecule has 0 aromatic heterocycles. The third-order valence-corrected chi connectivity index (χ3v) is 3.69. The van der Waals surface area contributed by atoms with Crippen molar-refractivity contribution in [2.45, 2.75) is 46.5 Å². The van der Waals surface area contributed by atoms with Gasteiger partial charge in [0.25, 0.3) is 0 Å². The lowest BCUT2D eigenvalue weighted by molar-refractivity contribution is 0.132. The van der Waals surface area contributed by atoms with Crippen LogP contribution in [-0.4, -0.2) is 25.8 Å². The van der Waals surface area contributed by atoms with Gasteiger partial charge in [0.1, 0.15) is 6.73 Å². The number of benzene rings is 1. The Kier molecular flexibility index (Phi) is 8.72. The smallest absolute Gasteiger partial charge is 0.118 e. The molecule has 1 aromatic carbocycles. The van der Waals surface area contributed by atoms with E-state index in [1.54, 1.807) is 0 Å². The van der Waals surface area contributed by atoms with E-state index in [1.807, 2.05) is 0 Å². The first-order valence-corrected chi connectivity index (χ1v) is 8.31. The van der Waals surface area contributed by atoms with Gasteiger partial charge in [0.05, 0.1) is 0 Å². The summed E-state index contributed by atoms with van der Waals surface area (Å²) in [5, 5.41) is 0. The molecule has 0 fully saturated rings. The van der Waals surface area contributed by atoms with Gasteiger partial charge in [-0.25, -0.2) is 0 Å². The van der Waals surface area contributed by atoms with Crippen LogP contribution in [0.15, 0.2) is 18.2 Å². The quantitative estimate of drug-likeness (QED) is 0.355. The third-order valence-electron chi connectivity index (χ3n) is 3.52. The van der Waals surface area contributed by atoms with Gasteiger partial charge in [-0.3, -0.25) is 0 Å². The van der Waals surface area contributed by atoms with E-state index in [4.69, 9.17) is 16.3 Å².